The number of nitrogens with zero attached hydrogens (tertiary/aromatic N) is 1. The van der Waals surface area contributed by atoms with Crippen LogP contribution < -0.4 is 4.74 Å². The highest BCUT2D eigenvalue weighted by atomic mass is 35.5. The van der Waals surface area contributed by atoms with Gasteiger partial charge in [-0.05, 0) is 50.5 Å². The Hall–Kier alpha value is -1.68. The first-order valence-corrected chi connectivity index (χ1v) is 7.07. The summed E-state index contributed by atoms with van der Waals surface area (Å²) in [5.41, 5.74) is 1.39. The largest absolute Gasteiger partial charge is 0.471 e. The summed E-state index contributed by atoms with van der Waals surface area (Å²) in [5, 5.41) is 0.227. The number of ether oxygens (including phenoxy) is 1. The third-order valence-corrected chi connectivity index (χ3v) is 3.82. The van der Waals surface area contributed by atoms with Gasteiger partial charge in [-0.3, -0.25) is 0 Å². The van der Waals surface area contributed by atoms with Gasteiger partial charge < -0.3 is 4.74 Å². The fraction of sp³-hybridized carbons (Fsp3) is 0.312. The molecule has 0 fully saturated rings. The molecular formula is C16H14ClF2NO. The van der Waals surface area contributed by atoms with Crippen molar-refractivity contribution in [3.63, 3.8) is 0 Å². The summed E-state index contributed by atoms with van der Waals surface area (Å²) in [6, 6.07) is 5.10. The van der Waals surface area contributed by atoms with E-state index >= 15 is 0 Å². The zero-order valence-electron chi connectivity index (χ0n) is 11.7. The molecular weight excluding hydrogens is 296 g/mol. The SMILES string of the molecule is CC1(C)CCc2c(-c3ccc(F)cc3F)cc(Cl)nc2O1. The highest BCUT2D eigenvalue weighted by molar-refractivity contribution is 6.29. The molecule has 0 saturated carbocycles. The lowest BCUT2D eigenvalue weighted by Crippen LogP contribution is -2.33. The number of hydrogen-bond acceptors (Lipinski definition) is 2. The van der Waals surface area contributed by atoms with Crippen molar-refractivity contribution in [1.82, 2.24) is 4.98 Å². The topological polar surface area (TPSA) is 22.1 Å². The fourth-order valence-electron chi connectivity index (χ4n) is 2.53. The highest BCUT2D eigenvalue weighted by Crippen LogP contribution is 2.39. The van der Waals surface area contributed by atoms with Crippen LogP contribution in [0.4, 0.5) is 8.78 Å². The van der Waals surface area contributed by atoms with Crippen LogP contribution >= 0.6 is 11.6 Å². The molecule has 1 aromatic carbocycles. The monoisotopic (exact) mass is 309 g/mol. The molecule has 5 heteroatoms. The van der Waals surface area contributed by atoms with E-state index in [1.165, 1.54) is 12.1 Å². The number of rotatable bonds is 1. The van der Waals surface area contributed by atoms with Gasteiger partial charge in [0.1, 0.15) is 22.4 Å². The van der Waals surface area contributed by atoms with Crippen molar-refractivity contribution in [2.24, 2.45) is 0 Å². The second-order valence-electron chi connectivity index (χ2n) is 5.76. The summed E-state index contributed by atoms with van der Waals surface area (Å²) >= 11 is 6.02. The van der Waals surface area contributed by atoms with Gasteiger partial charge in [0, 0.05) is 17.2 Å². The molecule has 0 atom stereocenters. The molecule has 0 unspecified atom stereocenters. The standard InChI is InChI=1S/C16H14ClF2NO/c1-16(2)6-5-11-12(8-14(17)20-15(11)21-16)10-4-3-9(18)7-13(10)19/h3-4,7-8H,5-6H2,1-2H3. The molecule has 21 heavy (non-hydrogen) atoms. The minimum atomic E-state index is -0.621. The van der Waals surface area contributed by atoms with Crippen LogP contribution in [0.25, 0.3) is 11.1 Å². The molecule has 0 N–H and O–H groups in total. The minimum absolute atomic E-state index is 0.227. The van der Waals surface area contributed by atoms with E-state index in [0.29, 0.717) is 23.4 Å². The molecule has 2 heterocycles. The summed E-state index contributed by atoms with van der Waals surface area (Å²) in [7, 11) is 0. The van der Waals surface area contributed by atoms with Crippen LogP contribution in [0.2, 0.25) is 5.15 Å². The Bertz CT molecular complexity index is 716. The maximum atomic E-state index is 14.0. The molecule has 0 spiro atoms. The molecule has 110 valence electrons. The molecule has 1 aliphatic heterocycles. The average Bonchev–Trinajstić information content (AvgIpc) is 2.36. The van der Waals surface area contributed by atoms with Gasteiger partial charge in [0.25, 0.3) is 0 Å². The number of halogens is 3. The lowest BCUT2D eigenvalue weighted by molar-refractivity contribution is 0.0786. The quantitative estimate of drug-likeness (QED) is 0.707. The maximum Gasteiger partial charge on any atom is 0.219 e. The van der Waals surface area contributed by atoms with Crippen molar-refractivity contribution in [2.45, 2.75) is 32.3 Å². The Morgan fingerprint density at radius 3 is 2.67 bits per heavy atom. The Balaban J connectivity index is 2.18. The molecule has 1 aromatic heterocycles. The number of benzene rings is 1. The second kappa shape index (κ2) is 4.95. The summed E-state index contributed by atoms with van der Waals surface area (Å²) in [6.45, 7) is 3.94. The average molecular weight is 310 g/mol. The van der Waals surface area contributed by atoms with Crippen LogP contribution in [-0.4, -0.2) is 10.6 Å². The van der Waals surface area contributed by atoms with Crippen molar-refractivity contribution in [3.05, 3.63) is 46.6 Å². The van der Waals surface area contributed by atoms with E-state index in [2.05, 4.69) is 4.98 Å². The van der Waals surface area contributed by atoms with Crippen molar-refractivity contribution in [2.75, 3.05) is 0 Å². The number of aromatic nitrogens is 1. The molecule has 0 amide bonds. The van der Waals surface area contributed by atoms with Gasteiger partial charge in [0.2, 0.25) is 5.88 Å². The third kappa shape index (κ3) is 2.72. The van der Waals surface area contributed by atoms with Crippen LogP contribution in [0.1, 0.15) is 25.8 Å². The lowest BCUT2D eigenvalue weighted by Gasteiger charge is -2.32. The molecule has 0 bridgehead atoms. The van der Waals surface area contributed by atoms with Crippen molar-refractivity contribution >= 4 is 11.6 Å². The Morgan fingerprint density at radius 1 is 1.19 bits per heavy atom. The normalized spacial score (nSPS) is 16.2. The maximum absolute atomic E-state index is 14.0. The first-order chi connectivity index (χ1) is 9.85. The molecule has 2 aromatic rings. The van der Waals surface area contributed by atoms with Gasteiger partial charge in [-0.1, -0.05) is 11.6 Å². The van der Waals surface area contributed by atoms with Crippen LogP contribution in [0.5, 0.6) is 5.88 Å². The van der Waals surface area contributed by atoms with E-state index < -0.39 is 11.6 Å². The zero-order chi connectivity index (χ0) is 15.2. The van der Waals surface area contributed by atoms with Gasteiger partial charge in [-0.15, -0.1) is 0 Å². The predicted octanol–water partition coefficient (Wildman–Crippen LogP) is 4.78. The van der Waals surface area contributed by atoms with Crippen LogP contribution in [-0.2, 0) is 6.42 Å². The summed E-state index contributed by atoms with van der Waals surface area (Å²) in [5.74, 6) is -0.801. The van der Waals surface area contributed by atoms with Gasteiger partial charge in [-0.2, -0.15) is 0 Å². The molecule has 0 radical (unpaired) electrons. The Morgan fingerprint density at radius 2 is 1.95 bits per heavy atom. The van der Waals surface area contributed by atoms with E-state index in [1.54, 1.807) is 6.07 Å². The number of pyridine rings is 1. The summed E-state index contributed by atoms with van der Waals surface area (Å²) < 4.78 is 33.0. The Kier molecular flexibility index (Phi) is 3.36. The molecule has 1 aliphatic rings. The van der Waals surface area contributed by atoms with Gasteiger partial charge in [0.15, 0.2) is 0 Å². The van der Waals surface area contributed by atoms with E-state index in [0.717, 1.165) is 18.1 Å². The van der Waals surface area contributed by atoms with Crippen molar-refractivity contribution in [3.8, 4) is 17.0 Å². The number of hydrogen-bond donors (Lipinski definition) is 0. The summed E-state index contributed by atoms with van der Waals surface area (Å²) in [6.07, 6.45) is 1.50. The lowest BCUT2D eigenvalue weighted by atomic mass is 9.91. The van der Waals surface area contributed by atoms with Crippen LogP contribution in [0.15, 0.2) is 24.3 Å². The van der Waals surface area contributed by atoms with Crippen LogP contribution in [0.3, 0.4) is 0 Å². The van der Waals surface area contributed by atoms with Crippen molar-refractivity contribution in [1.29, 1.82) is 0 Å². The Labute approximate surface area is 126 Å². The van der Waals surface area contributed by atoms with E-state index in [9.17, 15) is 8.78 Å². The fourth-order valence-corrected chi connectivity index (χ4v) is 2.72. The smallest absolute Gasteiger partial charge is 0.219 e. The first kappa shape index (κ1) is 14.3. The first-order valence-electron chi connectivity index (χ1n) is 6.69. The molecule has 0 aliphatic carbocycles. The van der Waals surface area contributed by atoms with E-state index in [1.807, 2.05) is 13.8 Å². The predicted molar refractivity (Wildman–Crippen MR) is 77.6 cm³/mol. The second-order valence-corrected chi connectivity index (χ2v) is 6.15. The summed E-state index contributed by atoms with van der Waals surface area (Å²) in [4.78, 5) is 4.19. The molecule has 0 saturated heterocycles. The van der Waals surface area contributed by atoms with Gasteiger partial charge in [-0.25, -0.2) is 13.8 Å². The molecule has 2 nitrogen and oxygen atoms in total. The van der Waals surface area contributed by atoms with Crippen LogP contribution in [0, 0.1) is 11.6 Å². The molecule has 3 rings (SSSR count). The zero-order valence-corrected chi connectivity index (χ0v) is 12.5. The number of fused-ring (bicyclic) bond motifs is 1. The highest BCUT2D eigenvalue weighted by Gasteiger charge is 2.30. The van der Waals surface area contributed by atoms with E-state index in [4.69, 9.17) is 16.3 Å². The van der Waals surface area contributed by atoms with Crippen molar-refractivity contribution < 1.29 is 13.5 Å². The van der Waals surface area contributed by atoms with Gasteiger partial charge >= 0.3 is 0 Å². The minimum Gasteiger partial charge on any atom is -0.471 e. The van der Waals surface area contributed by atoms with Gasteiger partial charge in [0.05, 0.1) is 0 Å². The third-order valence-electron chi connectivity index (χ3n) is 3.63. The van der Waals surface area contributed by atoms with E-state index in [-0.39, 0.29) is 10.8 Å².